The summed E-state index contributed by atoms with van der Waals surface area (Å²) in [6.45, 7) is 5.01. The minimum atomic E-state index is 0.125. The standard InChI is InChI=1S/C12H22N4O/c1-4-9(5-2)10(13)8-15-12-14-7-6-11(16-12)17-3/h6-7,9-10H,4-5,8,13H2,1-3H3,(H,14,15,16). The first kappa shape index (κ1) is 13.7. The van der Waals surface area contributed by atoms with Crippen LogP contribution >= 0.6 is 0 Å². The zero-order valence-corrected chi connectivity index (χ0v) is 10.8. The molecular weight excluding hydrogens is 216 g/mol. The summed E-state index contributed by atoms with van der Waals surface area (Å²) in [5, 5.41) is 3.14. The van der Waals surface area contributed by atoms with E-state index in [2.05, 4.69) is 29.1 Å². The highest BCUT2D eigenvalue weighted by atomic mass is 16.5. The Morgan fingerprint density at radius 3 is 2.71 bits per heavy atom. The van der Waals surface area contributed by atoms with Crippen LogP contribution in [0.15, 0.2) is 12.3 Å². The van der Waals surface area contributed by atoms with Crippen molar-refractivity contribution in [2.45, 2.75) is 32.7 Å². The van der Waals surface area contributed by atoms with Gasteiger partial charge in [-0.3, -0.25) is 0 Å². The maximum Gasteiger partial charge on any atom is 0.225 e. The molecule has 5 heteroatoms. The Morgan fingerprint density at radius 1 is 1.41 bits per heavy atom. The fourth-order valence-corrected chi connectivity index (χ4v) is 1.81. The molecule has 0 saturated carbocycles. The van der Waals surface area contributed by atoms with Crippen LogP contribution in [-0.2, 0) is 0 Å². The van der Waals surface area contributed by atoms with Gasteiger partial charge >= 0.3 is 0 Å². The SMILES string of the molecule is CCC(CC)C(N)CNc1nccc(OC)n1. The second kappa shape index (κ2) is 7.06. The highest BCUT2D eigenvalue weighted by Gasteiger charge is 2.13. The van der Waals surface area contributed by atoms with Crippen LogP contribution in [0.1, 0.15) is 26.7 Å². The van der Waals surface area contributed by atoms with Crippen LogP contribution in [-0.4, -0.2) is 29.7 Å². The van der Waals surface area contributed by atoms with E-state index < -0.39 is 0 Å². The molecule has 1 unspecified atom stereocenters. The monoisotopic (exact) mass is 238 g/mol. The molecule has 1 heterocycles. The van der Waals surface area contributed by atoms with Crippen molar-refractivity contribution in [3.8, 4) is 5.88 Å². The molecule has 1 aromatic rings. The van der Waals surface area contributed by atoms with Gasteiger partial charge in [0.2, 0.25) is 11.8 Å². The van der Waals surface area contributed by atoms with Crippen LogP contribution in [0.3, 0.4) is 0 Å². The molecule has 0 aliphatic rings. The lowest BCUT2D eigenvalue weighted by atomic mass is 9.95. The van der Waals surface area contributed by atoms with Crippen molar-refractivity contribution in [3.63, 3.8) is 0 Å². The van der Waals surface area contributed by atoms with E-state index in [1.807, 2.05) is 0 Å². The molecule has 0 spiro atoms. The van der Waals surface area contributed by atoms with Gasteiger partial charge in [-0.1, -0.05) is 26.7 Å². The Balaban J connectivity index is 2.49. The van der Waals surface area contributed by atoms with Gasteiger partial charge in [-0.15, -0.1) is 0 Å². The van der Waals surface area contributed by atoms with Crippen LogP contribution in [0.5, 0.6) is 5.88 Å². The molecule has 0 amide bonds. The summed E-state index contributed by atoms with van der Waals surface area (Å²) in [6, 6.07) is 1.84. The molecule has 5 nitrogen and oxygen atoms in total. The summed E-state index contributed by atoms with van der Waals surface area (Å²) in [4.78, 5) is 8.29. The fourth-order valence-electron chi connectivity index (χ4n) is 1.81. The van der Waals surface area contributed by atoms with E-state index in [1.165, 1.54) is 0 Å². The maximum atomic E-state index is 6.11. The second-order valence-electron chi connectivity index (χ2n) is 4.04. The van der Waals surface area contributed by atoms with E-state index in [0.717, 1.165) is 12.8 Å². The van der Waals surface area contributed by atoms with E-state index in [1.54, 1.807) is 19.4 Å². The molecule has 3 N–H and O–H groups in total. The van der Waals surface area contributed by atoms with Crippen LogP contribution < -0.4 is 15.8 Å². The molecule has 0 fully saturated rings. The van der Waals surface area contributed by atoms with E-state index in [-0.39, 0.29) is 6.04 Å². The second-order valence-corrected chi connectivity index (χ2v) is 4.04. The molecule has 0 bridgehead atoms. The number of aromatic nitrogens is 2. The number of nitrogens with zero attached hydrogens (tertiary/aromatic N) is 2. The molecule has 0 radical (unpaired) electrons. The summed E-state index contributed by atoms with van der Waals surface area (Å²) in [5.74, 6) is 1.65. The quantitative estimate of drug-likeness (QED) is 0.755. The Morgan fingerprint density at radius 2 is 2.12 bits per heavy atom. The van der Waals surface area contributed by atoms with Gasteiger partial charge in [-0.2, -0.15) is 4.98 Å². The number of hydrogen-bond donors (Lipinski definition) is 2. The average molecular weight is 238 g/mol. The third kappa shape index (κ3) is 4.19. The summed E-state index contributed by atoms with van der Waals surface area (Å²) in [7, 11) is 1.59. The van der Waals surface area contributed by atoms with Gasteiger partial charge in [0.1, 0.15) is 0 Å². The van der Waals surface area contributed by atoms with Crippen molar-refractivity contribution in [3.05, 3.63) is 12.3 Å². The van der Waals surface area contributed by atoms with Gasteiger partial charge in [-0.05, 0) is 5.92 Å². The summed E-state index contributed by atoms with van der Waals surface area (Å²) >= 11 is 0. The van der Waals surface area contributed by atoms with E-state index in [9.17, 15) is 0 Å². The summed E-state index contributed by atoms with van der Waals surface area (Å²) < 4.78 is 5.03. The van der Waals surface area contributed by atoms with Gasteiger partial charge in [-0.25, -0.2) is 4.98 Å². The predicted octanol–water partition coefficient (Wildman–Crippen LogP) is 1.66. The van der Waals surface area contributed by atoms with Crippen molar-refractivity contribution in [1.29, 1.82) is 0 Å². The zero-order valence-electron chi connectivity index (χ0n) is 10.8. The van der Waals surface area contributed by atoms with E-state index in [4.69, 9.17) is 10.5 Å². The fraction of sp³-hybridized carbons (Fsp3) is 0.667. The largest absolute Gasteiger partial charge is 0.481 e. The first-order chi connectivity index (χ1) is 8.21. The van der Waals surface area contributed by atoms with Gasteiger partial charge in [0, 0.05) is 24.8 Å². The highest BCUT2D eigenvalue weighted by molar-refractivity contribution is 5.27. The molecule has 1 aromatic heterocycles. The Kier molecular flexibility index (Phi) is 5.69. The predicted molar refractivity (Wildman–Crippen MR) is 69.1 cm³/mol. The lowest BCUT2D eigenvalue weighted by Gasteiger charge is -2.21. The summed E-state index contributed by atoms with van der Waals surface area (Å²) in [5.41, 5.74) is 6.11. The van der Waals surface area contributed by atoms with Crippen molar-refractivity contribution in [2.75, 3.05) is 19.0 Å². The van der Waals surface area contributed by atoms with Crippen LogP contribution in [0.25, 0.3) is 0 Å². The zero-order chi connectivity index (χ0) is 12.7. The van der Waals surface area contributed by atoms with Crippen LogP contribution in [0.2, 0.25) is 0 Å². The number of hydrogen-bond acceptors (Lipinski definition) is 5. The summed E-state index contributed by atoms with van der Waals surface area (Å²) in [6.07, 6.45) is 3.85. The first-order valence-corrected chi connectivity index (χ1v) is 6.07. The molecule has 0 saturated heterocycles. The lowest BCUT2D eigenvalue weighted by Crippen LogP contribution is -2.36. The number of ether oxygens (including phenoxy) is 1. The average Bonchev–Trinajstić information content (AvgIpc) is 2.38. The van der Waals surface area contributed by atoms with Gasteiger partial charge in [0.05, 0.1) is 7.11 Å². The molecule has 17 heavy (non-hydrogen) atoms. The van der Waals surface area contributed by atoms with Crippen molar-refractivity contribution in [1.82, 2.24) is 9.97 Å². The topological polar surface area (TPSA) is 73.1 Å². The molecule has 1 atom stereocenters. The number of rotatable bonds is 7. The third-order valence-electron chi connectivity index (χ3n) is 2.99. The third-order valence-corrected chi connectivity index (χ3v) is 2.99. The van der Waals surface area contributed by atoms with Crippen LogP contribution in [0, 0.1) is 5.92 Å². The van der Waals surface area contributed by atoms with Crippen molar-refractivity contribution in [2.24, 2.45) is 11.7 Å². The molecule has 0 aliphatic carbocycles. The molecule has 1 rings (SSSR count). The van der Waals surface area contributed by atoms with Crippen LogP contribution in [0.4, 0.5) is 5.95 Å². The Hall–Kier alpha value is -1.36. The normalized spacial score (nSPS) is 12.5. The van der Waals surface area contributed by atoms with E-state index >= 15 is 0 Å². The van der Waals surface area contributed by atoms with E-state index in [0.29, 0.717) is 24.3 Å². The Bertz CT molecular complexity index is 328. The highest BCUT2D eigenvalue weighted by Crippen LogP contribution is 2.12. The van der Waals surface area contributed by atoms with Crippen molar-refractivity contribution >= 4 is 5.95 Å². The van der Waals surface area contributed by atoms with Gasteiger partial charge in [0.15, 0.2) is 0 Å². The molecule has 96 valence electrons. The number of nitrogens with one attached hydrogen (secondary N) is 1. The molecule has 0 aromatic carbocycles. The maximum absolute atomic E-state index is 6.11. The smallest absolute Gasteiger partial charge is 0.225 e. The van der Waals surface area contributed by atoms with Crippen molar-refractivity contribution < 1.29 is 4.74 Å². The molecule has 0 aliphatic heterocycles. The molecular formula is C12H22N4O. The minimum absolute atomic E-state index is 0.125. The lowest BCUT2D eigenvalue weighted by molar-refractivity contribution is 0.395. The minimum Gasteiger partial charge on any atom is -0.481 e. The number of methoxy groups -OCH3 is 1. The van der Waals surface area contributed by atoms with Gasteiger partial charge in [0.25, 0.3) is 0 Å². The van der Waals surface area contributed by atoms with Gasteiger partial charge < -0.3 is 15.8 Å². The Labute approximate surface area is 103 Å². The first-order valence-electron chi connectivity index (χ1n) is 6.07. The number of anilines is 1. The number of nitrogens with two attached hydrogens (primary N) is 1.